The number of Topliss-reactive ketones (excluding diaryl/α,β-unsaturated/α-hetero) is 1. The topological polar surface area (TPSA) is 66.8 Å². The average Bonchev–Trinajstić information content (AvgIpc) is 3.36. The lowest BCUT2D eigenvalue weighted by Crippen LogP contribution is -2.29. The summed E-state index contributed by atoms with van der Waals surface area (Å²) in [6.07, 6.45) is 0. The van der Waals surface area contributed by atoms with Crippen LogP contribution in [0, 0.1) is 0 Å². The zero-order valence-corrected chi connectivity index (χ0v) is 18.0. The number of amides is 1. The smallest absolute Gasteiger partial charge is 0.300 e. The fraction of sp³-hybridized carbons (Fsp3) is 0.0909. The number of methoxy groups -OCH3 is 1. The van der Waals surface area contributed by atoms with Crippen LogP contribution < -0.4 is 9.64 Å². The lowest BCUT2D eigenvalue weighted by atomic mass is 9.99. The molecule has 1 aromatic heterocycles. The van der Waals surface area contributed by atoms with Gasteiger partial charge in [-0.3, -0.25) is 14.5 Å². The van der Waals surface area contributed by atoms with Crippen LogP contribution in [0.4, 0.5) is 5.69 Å². The van der Waals surface area contributed by atoms with Crippen molar-refractivity contribution in [3.63, 3.8) is 0 Å². The zero-order chi connectivity index (χ0) is 21.4. The van der Waals surface area contributed by atoms with Gasteiger partial charge in [-0.1, -0.05) is 29.3 Å². The van der Waals surface area contributed by atoms with Gasteiger partial charge >= 0.3 is 0 Å². The maximum absolute atomic E-state index is 13.0. The van der Waals surface area contributed by atoms with E-state index in [9.17, 15) is 14.7 Å². The van der Waals surface area contributed by atoms with Gasteiger partial charge in [-0.2, -0.15) is 0 Å². The number of hydrogen-bond acceptors (Lipinski definition) is 5. The number of thiophene rings is 1. The molecule has 2 heterocycles. The van der Waals surface area contributed by atoms with Gasteiger partial charge in [0.2, 0.25) is 0 Å². The Morgan fingerprint density at radius 3 is 2.47 bits per heavy atom. The van der Waals surface area contributed by atoms with Crippen molar-refractivity contribution in [3.8, 4) is 5.75 Å². The third-order valence-electron chi connectivity index (χ3n) is 4.79. The minimum Gasteiger partial charge on any atom is -0.507 e. The van der Waals surface area contributed by atoms with Crippen LogP contribution in [0.2, 0.25) is 10.0 Å². The Balaban J connectivity index is 1.94. The standard InChI is InChI=1S/C22H15Cl2NO4S/c1-29-14-8-9-16(24)15(11-14)20(26)18-19(17-3-2-10-30-17)25(22(28)21(18)27)13-6-4-12(23)5-7-13/h2-11,19,26H,1H3/b20-18-. The second-order valence-electron chi connectivity index (χ2n) is 6.51. The molecular formula is C22H15Cl2NO4S. The molecule has 2 aromatic carbocycles. The number of rotatable bonds is 4. The summed E-state index contributed by atoms with van der Waals surface area (Å²) in [6.45, 7) is 0. The number of aliphatic hydroxyl groups is 1. The Bertz CT molecular complexity index is 1160. The summed E-state index contributed by atoms with van der Waals surface area (Å²) in [5, 5.41) is 13.7. The second-order valence-corrected chi connectivity index (χ2v) is 8.33. The molecule has 1 fully saturated rings. The maximum Gasteiger partial charge on any atom is 0.300 e. The quantitative estimate of drug-likeness (QED) is 0.309. The first-order chi connectivity index (χ1) is 14.4. The predicted octanol–water partition coefficient (Wildman–Crippen LogP) is 5.69. The summed E-state index contributed by atoms with van der Waals surface area (Å²) in [4.78, 5) is 28.1. The molecule has 1 unspecified atom stereocenters. The van der Waals surface area contributed by atoms with E-state index in [-0.39, 0.29) is 21.9 Å². The number of halogens is 2. The molecule has 1 aliphatic heterocycles. The Morgan fingerprint density at radius 2 is 1.83 bits per heavy atom. The Labute approximate surface area is 186 Å². The monoisotopic (exact) mass is 459 g/mol. The van der Waals surface area contributed by atoms with Gasteiger partial charge in [0, 0.05) is 21.2 Å². The first-order valence-corrected chi connectivity index (χ1v) is 10.5. The zero-order valence-electron chi connectivity index (χ0n) is 15.6. The van der Waals surface area contributed by atoms with E-state index in [1.165, 1.54) is 29.4 Å². The van der Waals surface area contributed by atoms with Gasteiger partial charge in [0.05, 0.1) is 17.7 Å². The van der Waals surface area contributed by atoms with Crippen molar-refractivity contribution in [2.24, 2.45) is 0 Å². The SMILES string of the molecule is COc1ccc(Cl)c(/C(O)=C2/C(=O)C(=O)N(c3ccc(Cl)cc3)C2c2cccs2)c1. The number of anilines is 1. The van der Waals surface area contributed by atoms with E-state index < -0.39 is 17.7 Å². The Morgan fingerprint density at radius 1 is 1.10 bits per heavy atom. The predicted molar refractivity (Wildman–Crippen MR) is 119 cm³/mol. The molecule has 4 rings (SSSR count). The van der Waals surface area contributed by atoms with Crippen LogP contribution in [0.1, 0.15) is 16.5 Å². The number of carbonyl (C=O) groups excluding carboxylic acids is 2. The van der Waals surface area contributed by atoms with Crippen molar-refractivity contribution in [1.29, 1.82) is 0 Å². The maximum atomic E-state index is 13.0. The van der Waals surface area contributed by atoms with Gasteiger partial charge in [0.25, 0.3) is 11.7 Å². The van der Waals surface area contributed by atoms with Crippen molar-refractivity contribution in [3.05, 3.63) is 86.0 Å². The van der Waals surface area contributed by atoms with E-state index in [1.807, 2.05) is 17.5 Å². The molecule has 8 heteroatoms. The second kappa shape index (κ2) is 8.14. The molecule has 0 saturated carbocycles. The summed E-state index contributed by atoms with van der Waals surface area (Å²) in [5.74, 6) is -1.43. The first kappa shape index (κ1) is 20.5. The van der Waals surface area contributed by atoms with Gasteiger partial charge in [-0.05, 0) is 53.9 Å². The van der Waals surface area contributed by atoms with Crippen LogP contribution in [-0.2, 0) is 9.59 Å². The summed E-state index contributed by atoms with van der Waals surface area (Å²) < 4.78 is 5.21. The Hall–Kier alpha value is -2.80. The van der Waals surface area contributed by atoms with Crippen LogP contribution in [0.15, 0.2) is 65.6 Å². The van der Waals surface area contributed by atoms with Crippen LogP contribution in [0.5, 0.6) is 5.75 Å². The van der Waals surface area contributed by atoms with E-state index in [0.717, 1.165) is 4.88 Å². The first-order valence-electron chi connectivity index (χ1n) is 8.86. The minimum atomic E-state index is -0.798. The summed E-state index contributed by atoms with van der Waals surface area (Å²) >= 11 is 13.6. The molecule has 0 bridgehead atoms. The van der Waals surface area contributed by atoms with Crippen molar-refractivity contribution in [2.75, 3.05) is 12.0 Å². The molecular weight excluding hydrogens is 445 g/mol. The summed E-state index contributed by atoms with van der Waals surface area (Å²) in [6, 6.07) is 14.2. The fourth-order valence-corrected chi connectivity index (χ4v) is 4.53. The van der Waals surface area contributed by atoms with E-state index in [1.54, 1.807) is 36.4 Å². The number of ketones is 1. The molecule has 0 radical (unpaired) electrons. The number of ether oxygens (including phenoxy) is 1. The lowest BCUT2D eigenvalue weighted by Gasteiger charge is -2.24. The van der Waals surface area contributed by atoms with E-state index in [0.29, 0.717) is 16.5 Å². The van der Waals surface area contributed by atoms with E-state index in [2.05, 4.69) is 0 Å². The molecule has 1 saturated heterocycles. The van der Waals surface area contributed by atoms with Gasteiger partial charge in [0.1, 0.15) is 17.6 Å². The molecule has 0 aliphatic carbocycles. The van der Waals surface area contributed by atoms with Crippen LogP contribution >= 0.6 is 34.5 Å². The molecule has 3 aromatic rings. The van der Waals surface area contributed by atoms with Gasteiger partial charge in [0.15, 0.2) is 0 Å². The molecule has 1 N–H and O–H groups in total. The molecule has 152 valence electrons. The average molecular weight is 460 g/mol. The summed E-state index contributed by atoms with van der Waals surface area (Å²) in [7, 11) is 1.48. The largest absolute Gasteiger partial charge is 0.507 e. The normalized spacial score (nSPS) is 18.1. The van der Waals surface area contributed by atoms with E-state index >= 15 is 0 Å². The molecule has 1 amide bonds. The fourth-order valence-electron chi connectivity index (χ4n) is 3.37. The lowest BCUT2D eigenvalue weighted by molar-refractivity contribution is -0.132. The molecule has 5 nitrogen and oxygen atoms in total. The van der Waals surface area contributed by atoms with E-state index in [4.69, 9.17) is 27.9 Å². The number of aliphatic hydroxyl groups excluding tert-OH is 1. The third-order valence-corrected chi connectivity index (χ3v) is 6.30. The highest BCUT2D eigenvalue weighted by atomic mass is 35.5. The summed E-state index contributed by atoms with van der Waals surface area (Å²) in [5.41, 5.74) is 0.676. The number of nitrogens with zero attached hydrogens (tertiary/aromatic N) is 1. The van der Waals surface area contributed by atoms with Crippen LogP contribution in [0.3, 0.4) is 0 Å². The van der Waals surface area contributed by atoms with Crippen LogP contribution in [-0.4, -0.2) is 23.9 Å². The highest BCUT2D eigenvalue weighted by Crippen LogP contribution is 2.44. The van der Waals surface area contributed by atoms with Crippen molar-refractivity contribution in [1.82, 2.24) is 0 Å². The van der Waals surface area contributed by atoms with Gasteiger partial charge in [-0.25, -0.2) is 0 Å². The highest BCUT2D eigenvalue weighted by molar-refractivity contribution is 7.10. The number of carbonyl (C=O) groups is 2. The number of hydrogen-bond donors (Lipinski definition) is 1. The van der Waals surface area contributed by atoms with Crippen molar-refractivity contribution < 1.29 is 19.4 Å². The van der Waals surface area contributed by atoms with Crippen LogP contribution in [0.25, 0.3) is 5.76 Å². The highest BCUT2D eigenvalue weighted by Gasteiger charge is 2.47. The van der Waals surface area contributed by atoms with Crippen molar-refractivity contribution in [2.45, 2.75) is 6.04 Å². The third kappa shape index (κ3) is 3.47. The molecule has 1 aliphatic rings. The van der Waals surface area contributed by atoms with Gasteiger partial charge in [-0.15, -0.1) is 11.3 Å². The Kier molecular flexibility index (Phi) is 5.56. The van der Waals surface area contributed by atoms with Gasteiger partial charge < -0.3 is 9.84 Å². The van der Waals surface area contributed by atoms with Crippen molar-refractivity contribution >= 4 is 57.7 Å². The molecule has 30 heavy (non-hydrogen) atoms. The molecule has 0 spiro atoms. The minimum absolute atomic E-state index is 0.0347. The number of benzene rings is 2. The molecule has 1 atom stereocenters.